The van der Waals surface area contributed by atoms with Crippen LogP contribution < -0.4 is 4.74 Å². The number of aromatic hydroxyl groups is 1. The SMILES string of the molecule is CCOC(c1ccccc1)c1ccc(OC)cc1O. The third-order valence-electron chi connectivity index (χ3n) is 2.96. The highest BCUT2D eigenvalue weighted by Crippen LogP contribution is 2.34. The molecule has 0 bridgehead atoms. The Labute approximate surface area is 113 Å². The predicted molar refractivity (Wildman–Crippen MR) is 74.6 cm³/mol. The smallest absolute Gasteiger partial charge is 0.125 e. The van der Waals surface area contributed by atoms with Crippen LogP contribution in [0.4, 0.5) is 0 Å². The van der Waals surface area contributed by atoms with Crippen molar-refractivity contribution >= 4 is 0 Å². The molecule has 2 aromatic carbocycles. The second kappa shape index (κ2) is 6.25. The predicted octanol–water partition coefficient (Wildman–Crippen LogP) is 3.53. The summed E-state index contributed by atoms with van der Waals surface area (Å²) in [5, 5.41) is 10.1. The van der Waals surface area contributed by atoms with Crippen molar-refractivity contribution in [2.45, 2.75) is 13.0 Å². The summed E-state index contributed by atoms with van der Waals surface area (Å²) in [6.07, 6.45) is -0.267. The molecule has 19 heavy (non-hydrogen) atoms. The first-order chi connectivity index (χ1) is 9.26. The molecular weight excluding hydrogens is 240 g/mol. The van der Waals surface area contributed by atoms with Gasteiger partial charge in [-0.3, -0.25) is 0 Å². The summed E-state index contributed by atoms with van der Waals surface area (Å²) in [5.74, 6) is 0.811. The van der Waals surface area contributed by atoms with E-state index in [0.717, 1.165) is 11.1 Å². The van der Waals surface area contributed by atoms with Crippen molar-refractivity contribution in [3.05, 3.63) is 59.7 Å². The Morgan fingerprint density at radius 2 is 1.84 bits per heavy atom. The van der Waals surface area contributed by atoms with Gasteiger partial charge in [-0.05, 0) is 24.6 Å². The summed E-state index contributed by atoms with van der Waals surface area (Å²) in [4.78, 5) is 0. The molecular formula is C16H18O3. The van der Waals surface area contributed by atoms with E-state index in [4.69, 9.17) is 9.47 Å². The van der Waals surface area contributed by atoms with Gasteiger partial charge < -0.3 is 14.6 Å². The Kier molecular flexibility index (Phi) is 4.42. The van der Waals surface area contributed by atoms with Crippen LogP contribution in [0.1, 0.15) is 24.2 Å². The zero-order chi connectivity index (χ0) is 13.7. The lowest BCUT2D eigenvalue weighted by atomic mass is 10.0. The average molecular weight is 258 g/mol. The van der Waals surface area contributed by atoms with Crippen molar-refractivity contribution < 1.29 is 14.6 Å². The topological polar surface area (TPSA) is 38.7 Å². The summed E-state index contributed by atoms with van der Waals surface area (Å²) in [7, 11) is 1.58. The maximum absolute atomic E-state index is 10.1. The summed E-state index contributed by atoms with van der Waals surface area (Å²) >= 11 is 0. The molecule has 0 radical (unpaired) electrons. The third-order valence-corrected chi connectivity index (χ3v) is 2.96. The first kappa shape index (κ1) is 13.4. The molecule has 0 aliphatic rings. The van der Waals surface area contributed by atoms with E-state index in [1.165, 1.54) is 0 Å². The van der Waals surface area contributed by atoms with Gasteiger partial charge in [0, 0.05) is 18.2 Å². The molecule has 0 saturated carbocycles. The highest BCUT2D eigenvalue weighted by molar-refractivity contribution is 5.44. The standard InChI is InChI=1S/C16H18O3/c1-3-19-16(12-7-5-4-6-8-12)14-10-9-13(18-2)11-15(14)17/h4-11,16-17H,3H2,1-2H3. The van der Waals surface area contributed by atoms with Crippen LogP contribution >= 0.6 is 0 Å². The molecule has 1 unspecified atom stereocenters. The number of rotatable bonds is 5. The van der Waals surface area contributed by atoms with Gasteiger partial charge in [-0.2, -0.15) is 0 Å². The molecule has 1 atom stereocenters. The van der Waals surface area contributed by atoms with Crippen molar-refractivity contribution in [2.75, 3.05) is 13.7 Å². The molecule has 3 nitrogen and oxygen atoms in total. The number of hydrogen-bond donors (Lipinski definition) is 1. The van der Waals surface area contributed by atoms with E-state index in [1.54, 1.807) is 13.2 Å². The monoisotopic (exact) mass is 258 g/mol. The maximum atomic E-state index is 10.1. The van der Waals surface area contributed by atoms with Gasteiger partial charge in [0.1, 0.15) is 17.6 Å². The Morgan fingerprint density at radius 3 is 2.42 bits per heavy atom. The number of ether oxygens (including phenoxy) is 2. The molecule has 2 rings (SSSR count). The van der Waals surface area contributed by atoms with E-state index in [2.05, 4.69) is 0 Å². The molecule has 0 fully saturated rings. The Morgan fingerprint density at radius 1 is 1.11 bits per heavy atom. The van der Waals surface area contributed by atoms with Crippen molar-refractivity contribution in [2.24, 2.45) is 0 Å². The largest absolute Gasteiger partial charge is 0.507 e. The van der Waals surface area contributed by atoms with Gasteiger partial charge in [-0.1, -0.05) is 30.3 Å². The lowest BCUT2D eigenvalue weighted by Crippen LogP contribution is -2.06. The van der Waals surface area contributed by atoms with Gasteiger partial charge in [-0.15, -0.1) is 0 Å². The fourth-order valence-electron chi connectivity index (χ4n) is 2.03. The second-order valence-corrected chi connectivity index (χ2v) is 4.17. The molecule has 0 amide bonds. The first-order valence-corrected chi connectivity index (χ1v) is 6.29. The van der Waals surface area contributed by atoms with Crippen LogP contribution in [0.3, 0.4) is 0 Å². The molecule has 0 spiro atoms. The lowest BCUT2D eigenvalue weighted by molar-refractivity contribution is 0.0894. The molecule has 100 valence electrons. The van der Waals surface area contributed by atoms with E-state index < -0.39 is 0 Å². The lowest BCUT2D eigenvalue weighted by Gasteiger charge is -2.19. The molecule has 1 N–H and O–H groups in total. The second-order valence-electron chi connectivity index (χ2n) is 4.17. The number of phenolic OH excluding ortho intramolecular Hbond substituents is 1. The minimum atomic E-state index is -0.267. The van der Waals surface area contributed by atoms with E-state index >= 15 is 0 Å². The maximum Gasteiger partial charge on any atom is 0.125 e. The van der Waals surface area contributed by atoms with Gasteiger partial charge in [0.2, 0.25) is 0 Å². The molecule has 0 aliphatic carbocycles. The average Bonchev–Trinajstić information content (AvgIpc) is 2.46. The Hall–Kier alpha value is -2.00. The number of hydrogen-bond acceptors (Lipinski definition) is 3. The first-order valence-electron chi connectivity index (χ1n) is 6.29. The van der Waals surface area contributed by atoms with E-state index in [1.807, 2.05) is 49.4 Å². The summed E-state index contributed by atoms with van der Waals surface area (Å²) in [6, 6.07) is 15.1. The molecule has 0 heterocycles. The zero-order valence-corrected chi connectivity index (χ0v) is 11.2. The van der Waals surface area contributed by atoms with Crippen LogP contribution in [-0.4, -0.2) is 18.8 Å². The van der Waals surface area contributed by atoms with Gasteiger partial charge in [0.15, 0.2) is 0 Å². The van der Waals surface area contributed by atoms with Gasteiger partial charge >= 0.3 is 0 Å². The van der Waals surface area contributed by atoms with E-state index in [0.29, 0.717) is 12.4 Å². The fraction of sp³-hybridized carbons (Fsp3) is 0.250. The van der Waals surface area contributed by atoms with Gasteiger partial charge in [-0.25, -0.2) is 0 Å². The zero-order valence-electron chi connectivity index (χ0n) is 11.2. The number of phenols is 1. The summed E-state index contributed by atoms with van der Waals surface area (Å²) in [5.41, 5.74) is 1.76. The van der Waals surface area contributed by atoms with Crippen molar-refractivity contribution in [3.63, 3.8) is 0 Å². The van der Waals surface area contributed by atoms with Crippen LogP contribution in [0.25, 0.3) is 0 Å². The molecule has 3 heteroatoms. The molecule has 0 aliphatic heterocycles. The number of benzene rings is 2. The van der Waals surface area contributed by atoms with Crippen LogP contribution in [0.15, 0.2) is 48.5 Å². The third kappa shape index (κ3) is 3.06. The Bertz CT molecular complexity index is 523. The molecule has 0 saturated heterocycles. The highest BCUT2D eigenvalue weighted by atomic mass is 16.5. The minimum Gasteiger partial charge on any atom is -0.507 e. The van der Waals surface area contributed by atoms with Crippen LogP contribution in [0, 0.1) is 0 Å². The van der Waals surface area contributed by atoms with Crippen LogP contribution in [0.5, 0.6) is 11.5 Å². The summed E-state index contributed by atoms with van der Waals surface area (Å²) < 4.78 is 10.9. The van der Waals surface area contributed by atoms with Gasteiger partial charge in [0.25, 0.3) is 0 Å². The quantitative estimate of drug-likeness (QED) is 0.891. The molecule has 2 aromatic rings. The van der Waals surface area contributed by atoms with Crippen molar-refractivity contribution in [1.82, 2.24) is 0 Å². The summed E-state index contributed by atoms with van der Waals surface area (Å²) in [6.45, 7) is 2.52. The fourth-order valence-corrected chi connectivity index (χ4v) is 2.03. The van der Waals surface area contributed by atoms with Crippen LogP contribution in [0.2, 0.25) is 0 Å². The van der Waals surface area contributed by atoms with Crippen molar-refractivity contribution in [3.8, 4) is 11.5 Å². The Balaban J connectivity index is 2.39. The van der Waals surface area contributed by atoms with E-state index in [-0.39, 0.29) is 11.9 Å². The van der Waals surface area contributed by atoms with E-state index in [9.17, 15) is 5.11 Å². The highest BCUT2D eigenvalue weighted by Gasteiger charge is 2.18. The minimum absolute atomic E-state index is 0.182. The van der Waals surface area contributed by atoms with Gasteiger partial charge in [0.05, 0.1) is 7.11 Å². The van der Waals surface area contributed by atoms with Crippen molar-refractivity contribution in [1.29, 1.82) is 0 Å². The molecule has 0 aromatic heterocycles. The normalized spacial score (nSPS) is 12.1. The van der Waals surface area contributed by atoms with Crippen LogP contribution in [-0.2, 0) is 4.74 Å². The number of methoxy groups -OCH3 is 1.